The van der Waals surface area contributed by atoms with Crippen molar-refractivity contribution in [1.82, 2.24) is 15.1 Å². The van der Waals surface area contributed by atoms with Gasteiger partial charge in [-0.05, 0) is 42.8 Å². The number of ether oxygens (including phenoxy) is 1. The highest BCUT2D eigenvalue weighted by Gasteiger charge is 2.30. The number of nitrogens with zero attached hydrogens (tertiary/aromatic N) is 4. The minimum absolute atomic E-state index is 0.0881. The summed E-state index contributed by atoms with van der Waals surface area (Å²) in [5.74, 6) is 0.959. The third kappa shape index (κ3) is 5.00. The van der Waals surface area contributed by atoms with E-state index in [1.807, 2.05) is 30.3 Å². The number of fused-ring (bicyclic) bond motifs is 1. The Morgan fingerprint density at radius 1 is 1.00 bits per heavy atom. The highest BCUT2D eigenvalue weighted by molar-refractivity contribution is 6.08. The molecule has 1 saturated heterocycles. The standard InChI is InChI=1S/C26H30N6O3/c1-35-21-9-7-20(8-10-21)32-14-11-22-24(26(32)34)28-29-25(22)27-23(33)12-13-30-15-17-31(18-16-30)19-5-3-2-4-6-19/h2-10H,11-18H2,1H3,(H2,27,28,29,33). The Labute approximate surface area is 204 Å². The Balaban J connectivity index is 1.13. The lowest BCUT2D eigenvalue weighted by molar-refractivity contribution is -0.116. The molecule has 1 fully saturated rings. The molecule has 9 heteroatoms. The van der Waals surface area contributed by atoms with Crippen LogP contribution in [0.3, 0.4) is 0 Å². The maximum absolute atomic E-state index is 13.0. The molecule has 2 N–H and O–H groups in total. The molecule has 0 unspecified atom stereocenters. The van der Waals surface area contributed by atoms with Gasteiger partial charge in [-0.2, -0.15) is 5.10 Å². The van der Waals surface area contributed by atoms with Crippen LogP contribution in [-0.4, -0.2) is 73.3 Å². The number of hydrogen-bond acceptors (Lipinski definition) is 6. The van der Waals surface area contributed by atoms with E-state index in [0.717, 1.165) is 43.2 Å². The Bertz CT molecular complexity index is 1170. The number of methoxy groups -OCH3 is 1. The van der Waals surface area contributed by atoms with Crippen molar-refractivity contribution in [1.29, 1.82) is 0 Å². The van der Waals surface area contributed by atoms with Gasteiger partial charge in [0.15, 0.2) is 5.82 Å². The monoisotopic (exact) mass is 474 g/mol. The molecule has 0 saturated carbocycles. The van der Waals surface area contributed by atoms with Crippen LogP contribution < -0.4 is 19.9 Å². The fourth-order valence-corrected chi connectivity index (χ4v) is 4.68. The highest BCUT2D eigenvalue weighted by Crippen LogP contribution is 2.28. The molecule has 0 aliphatic carbocycles. The first-order chi connectivity index (χ1) is 17.1. The molecule has 9 nitrogen and oxygen atoms in total. The van der Waals surface area contributed by atoms with Crippen molar-refractivity contribution in [3.8, 4) is 5.75 Å². The van der Waals surface area contributed by atoms with Gasteiger partial charge in [-0.15, -0.1) is 0 Å². The average Bonchev–Trinajstić information content (AvgIpc) is 3.32. The van der Waals surface area contributed by atoms with Gasteiger partial charge in [-0.3, -0.25) is 19.6 Å². The Morgan fingerprint density at radius 3 is 2.46 bits per heavy atom. The molecule has 2 aliphatic rings. The van der Waals surface area contributed by atoms with E-state index in [-0.39, 0.29) is 11.8 Å². The normalized spacial score (nSPS) is 16.2. The van der Waals surface area contributed by atoms with E-state index in [2.05, 4.69) is 49.6 Å². The van der Waals surface area contributed by atoms with Crippen molar-refractivity contribution in [3.63, 3.8) is 0 Å². The minimum atomic E-state index is -0.152. The lowest BCUT2D eigenvalue weighted by Gasteiger charge is -2.36. The maximum Gasteiger partial charge on any atom is 0.276 e. The molecule has 5 rings (SSSR count). The lowest BCUT2D eigenvalue weighted by atomic mass is 10.1. The number of piperazine rings is 1. The first-order valence-electron chi connectivity index (χ1n) is 12.0. The quantitative estimate of drug-likeness (QED) is 0.547. The van der Waals surface area contributed by atoms with E-state index in [0.29, 0.717) is 37.4 Å². The zero-order chi connectivity index (χ0) is 24.2. The maximum atomic E-state index is 13.0. The summed E-state index contributed by atoms with van der Waals surface area (Å²) in [6.07, 6.45) is 1.000. The number of H-pyrrole nitrogens is 1. The van der Waals surface area contributed by atoms with E-state index in [4.69, 9.17) is 4.74 Å². The first kappa shape index (κ1) is 22.9. The van der Waals surface area contributed by atoms with Crippen LogP contribution in [0.15, 0.2) is 54.6 Å². The lowest BCUT2D eigenvalue weighted by Crippen LogP contribution is -2.47. The molecular formula is C26H30N6O3. The van der Waals surface area contributed by atoms with Gasteiger partial charge in [0.05, 0.1) is 7.11 Å². The van der Waals surface area contributed by atoms with Crippen molar-refractivity contribution < 1.29 is 14.3 Å². The third-order valence-electron chi connectivity index (χ3n) is 6.70. The van der Waals surface area contributed by atoms with Crippen LogP contribution >= 0.6 is 0 Å². The topological polar surface area (TPSA) is 93.8 Å². The Kier molecular flexibility index (Phi) is 6.67. The molecule has 2 aliphatic heterocycles. The number of benzene rings is 2. The van der Waals surface area contributed by atoms with Crippen LogP contribution in [0, 0.1) is 0 Å². The molecule has 35 heavy (non-hydrogen) atoms. The summed E-state index contributed by atoms with van der Waals surface area (Å²) in [6, 6.07) is 17.8. The number of carbonyl (C=O) groups excluding carboxylic acids is 2. The van der Waals surface area contributed by atoms with Gasteiger partial charge >= 0.3 is 0 Å². The predicted octanol–water partition coefficient (Wildman–Crippen LogP) is 2.77. The summed E-state index contributed by atoms with van der Waals surface area (Å²) in [5.41, 5.74) is 3.24. The van der Waals surface area contributed by atoms with Crippen LogP contribution in [0.5, 0.6) is 5.75 Å². The van der Waals surface area contributed by atoms with Gasteiger partial charge < -0.3 is 19.9 Å². The van der Waals surface area contributed by atoms with Crippen molar-refractivity contribution in [3.05, 3.63) is 65.9 Å². The molecule has 0 radical (unpaired) electrons. The van der Waals surface area contributed by atoms with E-state index >= 15 is 0 Å². The third-order valence-corrected chi connectivity index (χ3v) is 6.70. The summed E-state index contributed by atoms with van der Waals surface area (Å²) >= 11 is 0. The van der Waals surface area contributed by atoms with Gasteiger partial charge in [0.2, 0.25) is 5.91 Å². The Hall–Kier alpha value is -3.85. The molecular weight excluding hydrogens is 444 g/mol. The van der Waals surface area contributed by atoms with E-state index in [1.165, 1.54) is 5.69 Å². The molecule has 2 amide bonds. The molecule has 3 aromatic rings. The number of amides is 2. The number of aromatic amines is 1. The van der Waals surface area contributed by atoms with Crippen LogP contribution in [0.1, 0.15) is 22.5 Å². The summed E-state index contributed by atoms with van der Waals surface area (Å²) < 4.78 is 5.20. The van der Waals surface area contributed by atoms with Crippen LogP contribution in [0.4, 0.5) is 17.2 Å². The van der Waals surface area contributed by atoms with Gasteiger partial charge in [-0.25, -0.2) is 0 Å². The van der Waals surface area contributed by atoms with Crippen molar-refractivity contribution in [2.24, 2.45) is 0 Å². The van der Waals surface area contributed by atoms with E-state index < -0.39 is 0 Å². The Morgan fingerprint density at radius 2 is 1.74 bits per heavy atom. The fourth-order valence-electron chi connectivity index (χ4n) is 4.68. The van der Waals surface area contributed by atoms with E-state index in [9.17, 15) is 9.59 Å². The summed E-state index contributed by atoms with van der Waals surface area (Å²) in [5, 5.41) is 9.98. The molecule has 3 heterocycles. The molecule has 0 spiro atoms. The minimum Gasteiger partial charge on any atom is -0.497 e. The number of aromatic nitrogens is 2. The second-order valence-electron chi connectivity index (χ2n) is 8.79. The SMILES string of the molecule is COc1ccc(N2CCc3c(NC(=O)CCN4CCN(c5ccccc5)CC4)n[nH]c3C2=O)cc1. The van der Waals surface area contributed by atoms with Gasteiger partial charge in [0.25, 0.3) is 5.91 Å². The largest absolute Gasteiger partial charge is 0.497 e. The van der Waals surface area contributed by atoms with Crippen molar-refractivity contribution in [2.75, 3.05) is 61.5 Å². The molecule has 1 aromatic heterocycles. The second-order valence-corrected chi connectivity index (χ2v) is 8.79. The fraction of sp³-hybridized carbons (Fsp3) is 0.346. The average molecular weight is 475 g/mol. The molecule has 0 bridgehead atoms. The molecule has 2 aromatic carbocycles. The highest BCUT2D eigenvalue weighted by atomic mass is 16.5. The predicted molar refractivity (Wildman–Crippen MR) is 135 cm³/mol. The smallest absolute Gasteiger partial charge is 0.276 e. The summed E-state index contributed by atoms with van der Waals surface area (Å²) in [6.45, 7) is 4.97. The zero-order valence-corrected chi connectivity index (χ0v) is 19.9. The second kappa shape index (κ2) is 10.2. The van der Waals surface area contributed by atoms with Gasteiger partial charge in [0.1, 0.15) is 11.4 Å². The number of anilines is 3. The number of hydrogen-bond donors (Lipinski definition) is 2. The van der Waals surface area contributed by atoms with Crippen LogP contribution in [0.25, 0.3) is 0 Å². The van der Waals surface area contributed by atoms with Crippen LogP contribution in [-0.2, 0) is 11.2 Å². The van der Waals surface area contributed by atoms with Gasteiger partial charge in [-0.1, -0.05) is 18.2 Å². The number of para-hydroxylation sites is 1. The number of nitrogens with one attached hydrogen (secondary N) is 2. The van der Waals surface area contributed by atoms with Crippen molar-refractivity contribution in [2.45, 2.75) is 12.8 Å². The number of rotatable bonds is 7. The molecule has 182 valence electrons. The van der Waals surface area contributed by atoms with Gasteiger partial charge in [0, 0.05) is 62.6 Å². The molecule has 0 atom stereocenters. The summed E-state index contributed by atoms with van der Waals surface area (Å²) in [7, 11) is 1.61. The van der Waals surface area contributed by atoms with E-state index in [1.54, 1.807) is 12.0 Å². The number of carbonyl (C=O) groups is 2. The van der Waals surface area contributed by atoms with Crippen LogP contribution in [0.2, 0.25) is 0 Å². The zero-order valence-electron chi connectivity index (χ0n) is 19.9. The summed E-state index contributed by atoms with van der Waals surface area (Å²) in [4.78, 5) is 32.1. The first-order valence-corrected chi connectivity index (χ1v) is 12.0. The van der Waals surface area contributed by atoms with Crippen molar-refractivity contribution >= 4 is 29.0 Å².